The van der Waals surface area contributed by atoms with Gasteiger partial charge in [-0.15, -0.1) is 11.3 Å². The molecule has 1 fully saturated rings. The summed E-state index contributed by atoms with van der Waals surface area (Å²) in [7, 11) is 0. The van der Waals surface area contributed by atoms with E-state index in [1.165, 1.54) is 9.75 Å². The van der Waals surface area contributed by atoms with Gasteiger partial charge in [-0.3, -0.25) is 4.90 Å². The summed E-state index contributed by atoms with van der Waals surface area (Å²) < 4.78 is 0. The summed E-state index contributed by atoms with van der Waals surface area (Å²) in [6.45, 7) is 5.76. The van der Waals surface area contributed by atoms with Crippen molar-refractivity contribution in [2.45, 2.75) is 19.9 Å². The zero-order valence-corrected chi connectivity index (χ0v) is 9.39. The molecule has 0 bridgehead atoms. The molecule has 0 aromatic carbocycles. The van der Waals surface area contributed by atoms with Crippen molar-refractivity contribution >= 4 is 11.3 Å². The van der Waals surface area contributed by atoms with E-state index in [9.17, 15) is 0 Å². The molecule has 1 aliphatic heterocycles. The molecule has 0 spiro atoms. The lowest BCUT2D eigenvalue weighted by Gasteiger charge is -2.13. The van der Waals surface area contributed by atoms with Gasteiger partial charge in [0.15, 0.2) is 0 Å². The Morgan fingerprint density at radius 1 is 1.57 bits per heavy atom. The van der Waals surface area contributed by atoms with Crippen LogP contribution in [-0.2, 0) is 6.54 Å². The largest absolute Gasteiger partial charge is 0.396 e. The van der Waals surface area contributed by atoms with Gasteiger partial charge in [-0.1, -0.05) is 0 Å². The molecular weight excluding hydrogens is 194 g/mol. The van der Waals surface area contributed by atoms with Gasteiger partial charge in [-0.2, -0.15) is 0 Å². The van der Waals surface area contributed by atoms with E-state index < -0.39 is 0 Å². The third kappa shape index (κ3) is 2.35. The van der Waals surface area contributed by atoms with Crippen molar-refractivity contribution in [2.75, 3.05) is 19.7 Å². The summed E-state index contributed by atoms with van der Waals surface area (Å²) in [4.78, 5) is 5.27. The standard InChI is InChI=1S/C11H17NOS/c1-9-2-3-11(14-9)7-12-5-4-10(6-12)8-13/h2-3,10,13H,4-8H2,1H3/t10-/m0/s1. The van der Waals surface area contributed by atoms with E-state index in [0.717, 1.165) is 26.1 Å². The molecule has 0 unspecified atom stereocenters. The van der Waals surface area contributed by atoms with Crippen LogP contribution >= 0.6 is 11.3 Å². The molecule has 1 saturated heterocycles. The van der Waals surface area contributed by atoms with Crippen LogP contribution in [0.2, 0.25) is 0 Å². The third-order valence-corrected chi connectivity index (χ3v) is 3.79. The van der Waals surface area contributed by atoms with Crippen LogP contribution in [0.15, 0.2) is 12.1 Å². The number of nitrogens with zero attached hydrogens (tertiary/aromatic N) is 1. The molecule has 2 heterocycles. The second-order valence-electron chi connectivity index (χ2n) is 4.08. The number of thiophene rings is 1. The summed E-state index contributed by atoms with van der Waals surface area (Å²) in [5, 5.41) is 9.03. The Labute approximate surface area is 89.2 Å². The predicted molar refractivity (Wildman–Crippen MR) is 59.5 cm³/mol. The number of aliphatic hydroxyl groups excluding tert-OH is 1. The van der Waals surface area contributed by atoms with Crippen molar-refractivity contribution in [2.24, 2.45) is 5.92 Å². The first-order valence-electron chi connectivity index (χ1n) is 5.16. The van der Waals surface area contributed by atoms with Crippen LogP contribution in [0.3, 0.4) is 0 Å². The maximum absolute atomic E-state index is 9.03. The van der Waals surface area contributed by atoms with Crippen molar-refractivity contribution in [3.05, 3.63) is 21.9 Å². The highest BCUT2D eigenvalue weighted by Crippen LogP contribution is 2.21. The summed E-state index contributed by atoms with van der Waals surface area (Å²) in [5.74, 6) is 0.510. The third-order valence-electron chi connectivity index (χ3n) is 2.80. The van der Waals surface area contributed by atoms with Crippen LogP contribution in [0.5, 0.6) is 0 Å². The van der Waals surface area contributed by atoms with Gasteiger partial charge in [0.05, 0.1) is 0 Å². The van der Waals surface area contributed by atoms with Crippen LogP contribution in [0.4, 0.5) is 0 Å². The highest BCUT2D eigenvalue weighted by molar-refractivity contribution is 7.11. The van der Waals surface area contributed by atoms with Gasteiger partial charge < -0.3 is 5.11 Å². The first-order valence-corrected chi connectivity index (χ1v) is 5.98. The molecular formula is C11H17NOS. The maximum atomic E-state index is 9.03. The molecule has 78 valence electrons. The van der Waals surface area contributed by atoms with E-state index in [2.05, 4.69) is 24.0 Å². The fraction of sp³-hybridized carbons (Fsp3) is 0.636. The highest BCUT2D eigenvalue weighted by Gasteiger charge is 2.21. The molecule has 14 heavy (non-hydrogen) atoms. The first kappa shape index (κ1) is 10.1. The molecule has 2 rings (SSSR count). The zero-order chi connectivity index (χ0) is 9.97. The minimum Gasteiger partial charge on any atom is -0.396 e. The topological polar surface area (TPSA) is 23.5 Å². The van der Waals surface area contributed by atoms with Gasteiger partial charge >= 0.3 is 0 Å². The maximum Gasteiger partial charge on any atom is 0.0471 e. The molecule has 3 heteroatoms. The fourth-order valence-electron chi connectivity index (χ4n) is 2.00. The van der Waals surface area contributed by atoms with Crippen LogP contribution in [-0.4, -0.2) is 29.7 Å². The monoisotopic (exact) mass is 211 g/mol. The lowest BCUT2D eigenvalue weighted by molar-refractivity contribution is 0.220. The highest BCUT2D eigenvalue weighted by atomic mass is 32.1. The Balaban J connectivity index is 1.87. The molecule has 1 aromatic heterocycles. The lowest BCUT2D eigenvalue weighted by Crippen LogP contribution is -2.20. The smallest absolute Gasteiger partial charge is 0.0471 e. The molecule has 0 radical (unpaired) electrons. The van der Waals surface area contributed by atoms with Gasteiger partial charge in [0, 0.05) is 29.5 Å². The van der Waals surface area contributed by atoms with E-state index >= 15 is 0 Å². The summed E-state index contributed by atoms with van der Waals surface area (Å²) >= 11 is 1.88. The first-order chi connectivity index (χ1) is 6.78. The van der Waals surface area contributed by atoms with Crippen molar-refractivity contribution in [1.29, 1.82) is 0 Å². The molecule has 1 N–H and O–H groups in total. The van der Waals surface area contributed by atoms with Crippen molar-refractivity contribution < 1.29 is 5.11 Å². The predicted octanol–water partition coefficient (Wildman–Crippen LogP) is 1.87. The van der Waals surface area contributed by atoms with Gasteiger partial charge in [0.1, 0.15) is 0 Å². The minimum absolute atomic E-state index is 0.347. The number of aryl methyl sites for hydroxylation is 1. The second kappa shape index (κ2) is 4.43. The summed E-state index contributed by atoms with van der Waals surface area (Å²) in [6, 6.07) is 4.39. The Morgan fingerprint density at radius 2 is 2.43 bits per heavy atom. The van der Waals surface area contributed by atoms with Gasteiger partial charge in [0.25, 0.3) is 0 Å². The number of hydrogen-bond acceptors (Lipinski definition) is 3. The number of hydrogen-bond donors (Lipinski definition) is 1. The average Bonchev–Trinajstić information content (AvgIpc) is 2.76. The van der Waals surface area contributed by atoms with E-state index in [-0.39, 0.29) is 0 Å². The fourth-order valence-corrected chi connectivity index (χ4v) is 2.93. The Bertz CT molecular complexity index is 297. The summed E-state index contributed by atoms with van der Waals surface area (Å²) in [6.07, 6.45) is 1.15. The van der Waals surface area contributed by atoms with Crippen LogP contribution < -0.4 is 0 Å². The van der Waals surface area contributed by atoms with Crippen LogP contribution in [0, 0.1) is 12.8 Å². The van der Waals surface area contributed by atoms with Crippen molar-refractivity contribution in [1.82, 2.24) is 4.90 Å². The van der Waals surface area contributed by atoms with Crippen molar-refractivity contribution in [3.63, 3.8) is 0 Å². The van der Waals surface area contributed by atoms with E-state index in [4.69, 9.17) is 5.11 Å². The van der Waals surface area contributed by atoms with Crippen LogP contribution in [0.25, 0.3) is 0 Å². The molecule has 0 saturated carbocycles. The number of likely N-dealkylation sites (tertiary alicyclic amines) is 1. The minimum atomic E-state index is 0.347. The van der Waals surface area contributed by atoms with Gasteiger partial charge in [-0.05, 0) is 37.9 Å². The summed E-state index contributed by atoms with van der Waals surface area (Å²) in [5.41, 5.74) is 0. The molecule has 1 aliphatic rings. The second-order valence-corrected chi connectivity index (χ2v) is 5.46. The Hall–Kier alpha value is -0.380. The Kier molecular flexibility index (Phi) is 3.21. The van der Waals surface area contributed by atoms with Crippen LogP contribution in [0.1, 0.15) is 16.2 Å². The van der Waals surface area contributed by atoms with E-state index in [1.54, 1.807) is 0 Å². The van der Waals surface area contributed by atoms with Gasteiger partial charge in [0.2, 0.25) is 0 Å². The normalized spacial score (nSPS) is 23.1. The van der Waals surface area contributed by atoms with E-state index in [1.807, 2.05) is 11.3 Å². The SMILES string of the molecule is Cc1ccc(CN2CC[C@H](CO)C2)s1. The molecule has 2 nitrogen and oxygen atoms in total. The molecule has 0 amide bonds. The molecule has 1 aromatic rings. The zero-order valence-electron chi connectivity index (χ0n) is 8.57. The van der Waals surface area contributed by atoms with E-state index in [0.29, 0.717) is 12.5 Å². The quantitative estimate of drug-likeness (QED) is 0.825. The van der Waals surface area contributed by atoms with Crippen molar-refractivity contribution in [3.8, 4) is 0 Å². The molecule has 0 aliphatic carbocycles. The van der Waals surface area contributed by atoms with Gasteiger partial charge in [-0.25, -0.2) is 0 Å². The number of aliphatic hydroxyl groups is 1. The lowest BCUT2D eigenvalue weighted by atomic mass is 10.1. The molecule has 1 atom stereocenters. The Morgan fingerprint density at radius 3 is 3.00 bits per heavy atom. The number of rotatable bonds is 3. The average molecular weight is 211 g/mol.